The summed E-state index contributed by atoms with van der Waals surface area (Å²) in [7, 11) is 1.32. The molecule has 0 aliphatic heterocycles. The second-order valence-electron chi connectivity index (χ2n) is 4.31. The van der Waals surface area contributed by atoms with E-state index in [-0.39, 0.29) is 5.82 Å². The van der Waals surface area contributed by atoms with Gasteiger partial charge in [0.05, 0.1) is 18.4 Å². The van der Waals surface area contributed by atoms with Crippen LogP contribution in [0.4, 0.5) is 10.1 Å². The average Bonchev–Trinajstić information content (AvgIpc) is 2.81. The molecule has 0 bridgehead atoms. The van der Waals surface area contributed by atoms with Crippen LogP contribution in [-0.2, 0) is 4.74 Å². The van der Waals surface area contributed by atoms with E-state index in [2.05, 4.69) is 10.1 Å². The number of rotatable bonds is 3. The lowest BCUT2D eigenvalue weighted by atomic mass is 10.1. The van der Waals surface area contributed by atoms with Gasteiger partial charge < -0.3 is 10.1 Å². The van der Waals surface area contributed by atoms with E-state index >= 15 is 0 Å². The molecule has 1 aliphatic carbocycles. The summed E-state index contributed by atoms with van der Waals surface area (Å²) in [5.41, 5.74) is 0.921. The number of carbonyl (C=O) groups excluding carboxylic acids is 1. The summed E-state index contributed by atoms with van der Waals surface area (Å²) in [4.78, 5) is 11.5. The molecule has 92 valence electrons. The van der Waals surface area contributed by atoms with E-state index in [1.54, 1.807) is 0 Å². The molecule has 17 heavy (non-hydrogen) atoms. The SMILES string of the molecule is COC(=O)c1ccc(F)cc1NC1CCCC1. The van der Waals surface area contributed by atoms with E-state index < -0.39 is 5.97 Å². The number of anilines is 1. The number of hydrogen-bond acceptors (Lipinski definition) is 3. The zero-order chi connectivity index (χ0) is 12.3. The van der Waals surface area contributed by atoms with Crippen molar-refractivity contribution in [2.75, 3.05) is 12.4 Å². The Labute approximate surface area is 100.0 Å². The van der Waals surface area contributed by atoms with Gasteiger partial charge in [0.15, 0.2) is 0 Å². The van der Waals surface area contributed by atoms with Crippen molar-refractivity contribution in [3.05, 3.63) is 29.6 Å². The fraction of sp³-hybridized carbons (Fsp3) is 0.462. The number of benzene rings is 1. The second-order valence-corrected chi connectivity index (χ2v) is 4.31. The van der Waals surface area contributed by atoms with Gasteiger partial charge in [-0.15, -0.1) is 0 Å². The molecule has 0 radical (unpaired) electrons. The molecule has 1 saturated carbocycles. The summed E-state index contributed by atoms with van der Waals surface area (Å²) in [6.45, 7) is 0. The van der Waals surface area contributed by atoms with Crippen LogP contribution in [0.25, 0.3) is 0 Å². The molecular formula is C13H16FNO2. The number of nitrogens with one attached hydrogen (secondary N) is 1. The Morgan fingerprint density at radius 3 is 2.76 bits per heavy atom. The van der Waals surface area contributed by atoms with Crippen molar-refractivity contribution in [2.45, 2.75) is 31.7 Å². The van der Waals surface area contributed by atoms with Crippen LogP contribution in [0.1, 0.15) is 36.0 Å². The minimum Gasteiger partial charge on any atom is -0.465 e. The maximum absolute atomic E-state index is 13.2. The van der Waals surface area contributed by atoms with Crippen LogP contribution in [-0.4, -0.2) is 19.1 Å². The zero-order valence-electron chi connectivity index (χ0n) is 9.83. The van der Waals surface area contributed by atoms with Crippen LogP contribution < -0.4 is 5.32 Å². The maximum atomic E-state index is 13.2. The normalized spacial score (nSPS) is 15.9. The predicted octanol–water partition coefficient (Wildman–Crippen LogP) is 2.97. The Bertz CT molecular complexity index is 414. The van der Waals surface area contributed by atoms with Crippen molar-refractivity contribution in [1.82, 2.24) is 0 Å². The monoisotopic (exact) mass is 237 g/mol. The van der Waals surface area contributed by atoms with Crippen LogP contribution in [0.15, 0.2) is 18.2 Å². The van der Waals surface area contributed by atoms with Crippen LogP contribution >= 0.6 is 0 Å². The maximum Gasteiger partial charge on any atom is 0.339 e. The lowest BCUT2D eigenvalue weighted by molar-refractivity contribution is 0.0601. The molecular weight excluding hydrogens is 221 g/mol. The highest BCUT2D eigenvalue weighted by atomic mass is 19.1. The summed E-state index contributed by atoms with van der Waals surface area (Å²) < 4.78 is 17.9. The number of ether oxygens (including phenoxy) is 1. The third-order valence-corrected chi connectivity index (χ3v) is 3.10. The van der Waals surface area contributed by atoms with Crippen molar-refractivity contribution >= 4 is 11.7 Å². The van der Waals surface area contributed by atoms with Crippen molar-refractivity contribution < 1.29 is 13.9 Å². The summed E-state index contributed by atoms with van der Waals surface area (Å²) in [6.07, 6.45) is 4.50. The molecule has 1 aliphatic rings. The Balaban J connectivity index is 2.22. The van der Waals surface area contributed by atoms with E-state index in [4.69, 9.17) is 0 Å². The molecule has 2 rings (SSSR count). The van der Waals surface area contributed by atoms with E-state index in [0.29, 0.717) is 17.3 Å². The van der Waals surface area contributed by atoms with E-state index in [1.165, 1.54) is 38.2 Å². The Kier molecular flexibility index (Phi) is 3.61. The second kappa shape index (κ2) is 5.17. The number of methoxy groups -OCH3 is 1. The van der Waals surface area contributed by atoms with Gasteiger partial charge in [-0.05, 0) is 31.0 Å². The first-order valence-electron chi connectivity index (χ1n) is 5.85. The third kappa shape index (κ3) is 2.75. The highest BCUT2D eigenvalue weighted by Gasteiger charge is 2.18. The Morgan fingerprint density at radius 1 is 1.41 bits per heavy atom. The van der Waals surface area contributed by atoms with Gasteiger partial charge in [-0.2, -0.15) is 0 Å². The van der Waals surface area contributed by atoms with Crippen LogP contribution in [0, 0.1) is 5.82 Å². The predicted molar refractivity (Wildman–Crippen MR) is 63.6 cm³/mol. The van der Waals surface area contributed by atoms with E-state index in [1.807, 2.05) is 0 Å². The van der Waals surface area contributed by atoms with Crippen molar-refractivity contribution in [3.63, 3.8) is 0 Å². The van der Waals surface area contributed by atoms with Gasteiger partial charge in [0.25, 0.3) is 0 Å². The number of hydrogen-bond donors (Lipinski definition) is 1. The van der Waals surface area contributed by atoms with Crippen molar-refractivity contribution in [1.29, 1.82) is 0 Å². The molecule has 0 atom stereocenters. The van der Waals surface area contributed by atoms with Gasteiger partial charge in [0.1, 0.15) is 5.82 Å². The first-order chi connectivity index (χ1) is 8.20. The average molecular weight is 237 g/mol. The fourth-order valence-electron chi connectivity index (χ4n) is 2.21. The molecule has 1 aromatic carbocycles. The molecule has 4 heteroatoms. The molecule has 0 spiro atoms. The van der Waals surface area contributed by atoms with Gasteiger partial charge in [-0.1, -0.05) is 12.8 Å². The summed E-state index contributed by atoms with van der Waals surface area (Å²) in [6, 6.07) is 4.41. The van der Waals surface area contributed by atoms with E-state index in [0.717, 1.165) is 12.8 Å². The fourth-order valence-corrected chi connectivity index (χ4v) is 2.21. The summed E-state index contributed by atoms with van der Waals surface area (Å²) in [5.74, 6) is -0.788. The lowest BCUT2D eigenvalue weighted by Gasteiger charge is -2.16. The molecule has 3 nitrogen and oxygen atoms in total. The highest BCUT2D eigenvalue weighted by Crippen LogP contribution is 2.25. The molecule has 1 aromatic rings. The van der Waals surface area contributed by atoms with Crippen molar-refractivity contribution in [2.24, 2.45) is 0 Å². The topological polar surface area (TPSA) is 38.3 Å². The molecule has 0 amide bonds. The van der Waals surface area contributed by atoms with Gasteiger partial charge >= 0.3 is 5.97 Å². The molecule has 1 fully saturated rings. The first kappa shape index (κ1) is 11.9. The van der Waals surface area contributed by atoms with Crippen molar-refractivity contribution in [3.8, 4) is 0 Å². The Morgan fingerprint density at radius 2 is 2.12 bits per heavy atom. The minimum atomic E-state index is -0.439. The quantitative estimate of drug-likeness (QED) is 0.821. The molecule has 0 heterocycles. The zero-order valence-corrected chi connectivity index (χ0v) is 9.83. The standard InChI is InChI=1S/C13H16FNO2/c1-17-13(16)11-7-6-9(14)8-12(11)15-10-4-2-3-5-10/h6-8,10,15H,2-5H2,1H3. The van der Waals surface area contributed by atoms with Crippen LogP contribution in [0.2, 0.25) is 0 Å². The smallest absolute Gasteiger partial charge is 0.339 e. The minimum absolute atomic E-state index is 0.334. The van der Waals surface area contributed by atoms with E-state index in [9.17, 15) is 9.18 Å². The molecule has 0 unspecified atom stereocenters. The van der Waals surface area contributed by atoms with Gasteiger partial charge in [-0.25, -0.2) is 9.18 Å². The highest BCUT2D eigenvalue weighted by molar-refractivity contribution is 5.95. The third-order valence-electron chi connectivity index (χ3n) is 3.10. The number of carbonyl (C=O) groups is 1. The largest absolute Gasteiger partial charge is 0.465 e. The van der Waals surface area contributed by atoms with Gasteiger partial charge in [-0.3, -0.25) is 0 Å². The molecule has 1 N–H and O–H groups in total. The number of esters is 1. The van der Waals surface area contributed by atoms with Gasteiger partial charge in [0.2, 0.25) is 0 Å². The summed E-state index contributed by atoms with van der Waals surface area (Å²) in [5, 5.41) is 3.22. The lowest BCUT2D eigenvalue weighted by Crippen LogP contribution is -2.17. The molecule has 0 aromatic heterocycles. The van der Waals surface area contributed by atoms with Gasteiger partial charge in [0, 0.05) is 6.04 Å². The Hall–Kier alpha value is -1.58. The molecule has 0 saturated heterocycles. The first-order valence-corrected chi connectivity index (χ1v) is 5.85. The number of halogens is 1. The van der Waals surface area contributed by atoms with Crippen LogP contribution in [0.3, 0.4) is 0 Å². The summed E-state index contributed by atoms with van der Waals surface area (Å²) >= 11 is 0. The van der Waals surface area contributed by atoms with Crippen LogP contribution in [0.5, 0.6) is 0 Å².